The fourth-order valence-corrected chi connectivity index (χ4v) is 1.23. The summed E-state index contributed by atoms with van der Waals surface area (Å²) >= 11 is 5.35. The predicted molar refractivity (Wildman–Crippen MR) is 49.1 cm³/mol. The summed E-state index contributed by atoms with van der Waals surface area (Å²) < 4.78 is 0. The molecule has 1 aromatic rings. The van der Waals surface area contributed by atoms with E-state index in [2.05, 4.69) is 4.84 Å². The summed E-state index contributed by atoms with van der Waals surface area (Å²) in [6, 6.07) is 7.41. The van der Waals surface area contributed by atoms with Gasteiger partial charge in [-0.3, -0.25) is 4.79 Å². The second kappa shape index (κ2) is 4.24. The van der Waals surface area contributed by atoms with Gasteiger partial charge in [0.05, 0.1) is 0 Å². The number of carbonyl (C=O) groups excluding carboxylic acids is 1. The number of rotatable bonds is 3. The van der Waals surface area contributed by atoms with Gasteiger partial charge >= 0.3 is 0 Å². The minimum Gasteiger partial charge on any atom is -0.295 e. The summed E-state index contributed by atoms with van der Waals surface area (Å²) in [7, 11) is 0. The number of nitrogens with one attached hydrogen (secondary N) is 1. The third-order valence-electron chi connectivity index (χ3n) is 1.65. The lowest BCUT2D eigenvalue weighted by Crippen LogP contribution is -2.05. The van der Waals surface area contributed by atoms with Crippen molar-refractivity contribution in [3.63, 3.8) is 0 Å². The molecule has 0 saturated carbocycles. The van der Waals surface area contributed by atoms with Crippen molar-refractivity contribution in [2.75, 3.05) is 0 Å². The van der Waals surface area contributed by atoms with E-state index in [9.17, 15) is 4.79 Å². The predicted octanol–water partition coefficient (Wildman–Crippen LogP) is 2.13. The molecule has 0 unspecified atom stereocenters. The highest BCUT2D eigenvalue weighted by Crippen LogP contribution is 2.08. The average Bonchev–Trinajstić information content (AvgIpc) is 2.05. The molecule has 0 spiro atoms. The van der Waals surface area contributed by atoms with Crippen LogP contribution < -0.4 is 4.84 Å². The zero-order valence-electron chi connectivity index (χ0n) is 6.80. The van der Waals surface area contributed by atoms with Crippen LogP contribution in [0.2, 0.25) is 0 Å². The highest BCUT2D eigenvalue weighted by Gasteiger charge is 2.04. The maximum absolute atomic E-state index is 11.1. The lowest BCUT2D eigenvalue weighted by atomic mass is 10.1. The van der Waals surface area contributed by atoms with Gasteiger partial charge in [-0.1, -0.05) is 24.3 Å². The van der Waals surface area contributed by atoms with Crippen molar-refractivity contribution in [1.29, 1.82) is 0 Å². The van der Waals surface area contributed by atoms with Crippen molar-refractivity contribution in [2.24, 2.45) is 0 Å². The number of carbonyl (C=O) groups is 1. The monoisotopic (exact) mass is 183 g/mol. The van der Waals surface area contributed by atoms with E-state index in [1.165, 1.54) is 0 Å². The number of halogens is 1. The van der Waals surface area contributed by atoms with Crippen molar-refractivity contribution in [3.05, 3.63) is 35.4 Å². The van der Waals surface area contributed by atoms with E-state index in [1.54, 1.807) is 13.0 Å². The van der Waals surface area contributed by atoms with Gasteiger partial charge in [0.15, 0.2) is 5.78 Å². The van der Waals surface area contributed by atoms with Crippen molar-refractivity contribution in [3.8, 4) is 0 Å². The molecule has 1 N–H and O–H groups in total. The van der Waals surface area contributed by atoms with Gasteiger partial charge in [0.1, 0.15) is 0 Å². The van der Waals surface area contributed by atoms with Gasteiger partial charge in [-0.05, 0) is 24.3 Å². The smallest absolute Gasteiger partial charge is 0.160 e. The second-order valence-electron chi connectivity index (χ2n) is 2.52. The van der Waals surface area contributed by atoms with Crippen LogP contribution in [0.1, 0.15) is 22.8 Å². The summed E-state index contributed by atoms with van der Waals surface area (Å²) in [5, 5.41) is 0. The van der Waals surface area contributed by atoms with Crippen LogP contribution in [0.3, 0.4) is 0 Å². The maximum Gasteiger partial charge on any atom is 0.160 e. The third-order valence-corrected chi connectivity index (χ3v) is 1.79. The highest BCUT2D eigenvalue weighted by molar-refractivity contribution is 6.13. The van der Waals surface area contributed by atoms with E-state index in [-0.39, 0.29) is 5.78 Å². The van der Waals surface area contributed by atoms with Gasteiger partial charge in [0.25, 0.3) is 0 Å². The van der Waals surface area contributed by atoms with E-state index >= 15 is 0 Å². The fraction of sp³-hybridized carbons (Fsp3) is 0.222. The van der Waals surface area contributed by atoms with Gasteiger partial charge in [-0.15, -0.1) is 0 Å². The van der Waals surface area contributed by atoms with Crippen LogP contribution in [0.15, 0.2) is 24.3 Å². The molecule has 3 heteroatoms. The van der Waals surface area contributed by atoms with Crippen LogP contribution in [0.25, 0.3) is 0 Å². The molecule has 0 saturated heterocycles. The summed E-state index contributed by atoms with van der Waals surface area (Å²) in [6.07, 6.45) is 0. The molecular weight excluding hydrogens is 174 g/mol. The molecule has 0 heterocycles. The van der Waals surface area contributed by atoms with Crippen LogP contribution >= 0.6 is 11.8 Å². The Morgan fingerprint density at radius 1 is 1.50 bits per heavy atom. The number of hydrogen-bond donors (Lipinski definition) is 1. The van der Waals surface area contributed by atoms with E-state index in [1.807, 2.05) is 18.2 Å². The molecule has 0 aliphatic rings. The Balaban J connectivity index is 3.00. The zero-order chi connectivity index (χ0) is 8.97. The fourth-order valence-electron chi connectivity index (χ4n) is 1.09. The number of Topliss-reactive ketones (excluding diaryl/α,β-unsaturated/α-hetero) is 1. The lowest BCUT2D eigenvalue weighted by molar-refractivity contribution is 0.101. The molecule has 0 amide bonds. The summed E-state index contributed by atoms with van der Waals surface area (Å²) in [4.78, 5) is 13.6. The molecule has 1 rings (SSSR count). The first-order chi connectivity index (χ1) is 5.75. The van der Waals surface area contributed by atoms with E-state index in [4.69, 9.17) is 11.8 Å². The Morgan fingerprint density at radius 3 is 2.75 bits per heavy atom. The van der Waals surface area contributed by atoms with Crippen molar-refractivity contribution >= 4 is 17.6 Å². The minimum absolute atomic E-state index is 0.0671. The molecule has 0 bridgehead atoms. The van der Waals surface area contributed by atoms with Crippen LogP contribution in [0.4, 0.5) is 0 Å². The SMILES string of the molecule is CC(=O)c1ccccc1CNCl. The Morgan fingerprint density at radius 2 is 2.17 bits per heavy atom. The first kappa shape index (κ1) is 9.23. The normalized spacial score (nSPS) is 9.83. The van der Waals surface area contributed by atoms with Crippen molar-refractivity contribution in [1.82, 2.24) is 4.84 Å². The van der Waals surface area contributed by atoms with Crippen LogP contribution in [0.5, 0.6) is 0 Å². The number of hydrogen-bond acceptors (Lipinski definition) is 2. The molecule has 0 fully saturated rings. The van der Waals surface area contributed by atoms with Gasteiger partial charge in [0, 0.05) is 12.1 Å². The third kappa shape index (κ3) is 2.06. The Bertz CT molecular complexity index is 286. The van der Waals surface area contributed by atoms with Crippen LogP contribution in [0, 0.1) is 0 Å². The molecule has 64 valence electrons. The second-order valence-corrected chi connectivity index (χ2v) is 2.79. The number of benzene rings is 1. The maximum atomic E-state index is 11.1. The van der Waals surface area contributed by atoms with Gasteiger partial charge < -0.3 is 0 Å². The molecule has 0 aromatic heterocycles. The zero-order valence-corrected chi connectivity index (χ0v) is 7.56. The van der Waals surface area contributed by atoms with E-state index < -0.39 is 0 Å². The summed E-state index contributed by atoms with van der Waals surface area (Å²) in [5.41, 5.74) is 1.66. The Labute approximate surface area is 76.7 Å². The molecule has 1 aromatic carbocycles. The van der Waals surface area contributed by atoms with Gasteiger partial charge in [-0.2, -0.15) is 0 Å². The quantitative estimate of drug-likeness (QED) is 0.575. The molecule has 0 aliphatic carbocycles. The van der Waals surface area contributed by atoms with Crippen LogP contribution in [-0.2, 0) is 6.54 Å². The van der Waals surface area contributed by atoms with Crippen molar-refractivity contribution in [2.45, 2.75) is 13.5 Å². The average molecular weight is 184 g/mol. The highest BCUT2D eigenvalue weighted by atomic mass is 35.5. The molecular formula is C9H10ClNO. The summed E-state index contributed by atoms with van der Waals surface area (Å²) in [6.45, 7) is 2.06. The van der Waals surface area contributed by atoms with Gasteiger partial charge in [-0.25, -0.2) is 4.84 Å². The molecule has 2 nitrogen and oxygen atoms in total. The van der Waals surface area contributed by atoms with Crippen LogP contribution in [-0.4, -0.2) is 5.78 Å². The molecule has 0 radical (unpaired) electrons. The Kier molecular flexibility index (Phi) is 3.26. The molecule has 0 aliphatic heterocycles. The minimum atomic E-state index is 0.0671. The van der Waals surface area contributed by atoms with E-state index in [0.29, 0.717) is 6.54 Å². The molecule has 0 atom stereocenters. The van der Waals surface area contributed by atoms with Gasteiger partial charge in [0.2, 0.25) is 0 Å². The standard InChI is InChI=1S/C9H10ClNO/c1-7(12)9-5-3-2-4-8(9)6-11-10/h2-5,11H,6H2,1H3. The molecule has 12 heavy (non-hydrogen) atoms. The summed E-state index contributed by atoms with van der Waals surface area (Å²) in [5.74, 6) is 0.0671. The van der Waals surface area contributed by atoms with Crippen molar-refractivity contribution < 1.29 is 4.79 Å². The largest absolute Gasteiger partial charge is 0.295 e. The number of ketones is 1. The lowest BCUT2D eigenvalue weighted by Gasteiger charge is -2.03. The van der Waals surface area contributed by atoms with E-state index in [0.717, 1.165) is 11.1 Å². The topological polar surface area (TPSA) is 29.1 Å². The first-order valence-electron chi connectivity index (χ1n) is 3.68. The first-order valence-corrected chi connectivity index (χ1v) is 4.06. The Hall–Kier alpha value is -0.860.